The van der Waals surface area contributed by atoms with E-state index in [4.69, 9.17) is 21.1 Å². The van der Waals surface area contributed by atoms with Crippen LogP contribution >= 0.6 is 46.9 Å². The molecule has 1 aromatic carbocycles. The lowest BCUT2D eigenvalue weighted by Crippen LogP contribution is -2.38. The van der Waals surface area contributed by atoms with Crippen molar-refractivity contribution in [2.45, 2.75) is 26.7 Å². The first-order valence-corrected chi connectivity index (χ1v) is 10.4. The third kappa shape index (κ3) is 6.66. The van der Waals surface area contributed by atoms with E-state index in [-0.39, 0.29) is 24.0 Å². The molecule has 2 heterocycles. The third-order valence-corrected chi connectivity index (χ3v) is 5.22. The number of nitrogens with one attached hydrogen (secondary N) is 2. The second-order valence-electron chi connectivity index (χ2n) is 6.15. The number of halogens is 2. The molecule has 6 nitrogen and oxygen atoms in total. The second kappa shape index (κ2) is 11.7. The van der Waals surface area contributed by atoms with E-state index in [1.54, 1.807) is 11.3 Å². The number of guanidine groups is 1. The normalized spacial score (nSPS) is 13.0. The molecule has 0 saturated heterocycles. The van der Waals surface area contributed by atoms with E-state index in [1.165, 1.54) is 4.88 Å². The van der Waals surface area contributed by atoms with Gasteiger partial charge in [-0.25, -0.2) is 4.98 Å². The van der Waals surface area contributed by atoms with Crippen LogP contribution in [0.2, 0.25) is 5.02 Å². The average molecular weight is 537 g/mol. The van der Waals surface area contributed by atoms with E-state index >= 15 is 0 Å². The molecule has 0 saturated carbocycles. The molecule has 0 radical (unpaired) electrons. The molecule has 154 valence electrons. The Hall–Kier alpha value is -1.26. The van der Waals surface area contributed by atoms with Crippen molar-refractivity contribution in [2.24, 2.45) is 4.99 Å². The maximum Gasteiger partial charge on any atom is 0.191 e. The standard InChI is InChI=1S/C19H25ClN4O2S.HI/c1-3-21-19(23-7-5-17-24-12-13(2)27-17)22-6-4-14-10-15(20)18-16(11-14)25-8-9-26-18;/h10-12H,3-9H2,1-2H3,(H2,21,22,23);1H. The van der Waals surface area contributed by atoms with Gasteiger partial charge in [0, 0.05) is 37.1 Å². The number of hydrogen-bond donors (Lipinski definition) is 2. The zero-order valence-electron chi connectivity index (χ0n) is 16.1. The number of aromatic nitrogens is 1. The highest BCUT2D eigenvalue weighted by Gasteiger charge is 2.16. The SMILES string of the molecule is CCNC(=NCCc1ncc(C)s1)NCCc1cc(Cl)c2c(c1)OCCO2.I. The van der Waals surface area contributed by atoms with Crippen molar-refractivity contribution in [3.05, 3.63) is 38.8 Å². The molecule has 9 heteroatoms. The average Bonchev–Trinajstić information content (AvgIpc) is 3.07. The Balaban J connectivity index is 0.00000280. The minimum atomic E-state index is 0. The molecule has 0 unspecified atom stereocenters. The Morgan fingerprint density at radius 1 is 1.25 bits per heavy atom. The molecule has 0 amide bonds. The molecule has 3 rings (SSSR count). The molecule has 2 aromatic rings. The van der Waals surface area contributed by atoms with E-state index in [1.807, 2.05) is 18.3 Å². The number of ether oxygens (including phenoxy) is 2. The van der Waals surface area contributed by atoms with Crippen LogP contribution in [-0.4, -0.2) is 43.8 Å². The largest absolute Gasteiger partial charge is 0.486 e. The van der Waals surface area contributed by atoms with Crippen LogP contribution < -0.4 is 20.1 Å². The summed E-state index contributed by atoms with van der Waals surface area (Å²) in [5, 5.41) is 8.36. The first-order valence-electron chi connectivity index (χ1n) is 9.17. The number of hydrogen-bond acceptors (Lipinski definition) is 5. The van der Waals surface area contributed by atoms with Crippen LogP contribution in [-0.2, 0) is 12.8 Å². The van der Waals surface area contributed by atoms with Gasteiger partial charge in [0.05, 0.1) is 10.0 Å². The molecular formula is C19H26ClIN4O2S. The minimum absolute atomic E-state index is 0. The molecular weight excluding hydrogens is 511 g/mol. The fraction of sp³-hybridized carbons (Fsp3) is 0.474. The van der Waals surface area contributed by atoms with E-state index in [0.717, 1.165) is 48.2 Å². The minimum Gasteiger partial charge on any atom is -0.486 e. The van der Waals surface area contributed by atoms with Crippen LogP contribution in [0.1, 0.15) is 22.4 Å². The van der Waals surface area contributed by atoms with Gasteiger partial charge in [-0.1, -0.05) is 11.6 Å². The van der Waals surface area contributed by atoms with Crippen LogP contribution in [0.3, 0.4) is 0 Å². The van der Waals surface area contributed by atoms with Crippen molar-refractivity contribution < 1.29 is 9.47 Å². The van der Waals surface area contributed by atoms with Gasteiger partial charge in [-0.15, -0.1) is 35.3 Å². The molecule has 1 aliphatic heterocycles. The van der Waals surface area contributed by atoms with Crippen LogP contribution in [0.25, 0.3) is 0 Å². The van der Waals surface area contributed by atoms with E-state index in [0.29, 0.717) is 30.5 Å². The van der Waals surface area contributed by atoms with E-state index in [9.17, 15) is 0 Å². The molecule has 1 aromatic heterocycles. The van der Waals surface area contributed by atoms with Gasteiger partial charge < -0.3 is 20.1 Å². The van der Waals surface area contributed by atoms with Crippen LogP contribution in [0.5, 0.6) is 11.5 Å². The fourth-order valence-corrected chi connectivity index (χ4v) is 3.82. The molecule has 1 aliphatic rings. The topological polar surface area (TPSA) is 67.8 Å². The first-order chi connectivity index (χ1) is 13.2. The smallest absolute Gasteiger partial charge is 0.191 e. The molecule has 0 spiro atoms. The van der Waals surface area contributed by atoms with Crippen LogP contribution in [0.15, 0.2) is 23.3 Å². The summed E-state index contributed by atoms with van der Waals surface area (Å²) in [5.41, 5.74) is 1.10. The van der Waals surface area contributed by atoms with Crippen molar-refractivity contribution in [3.8, 4) is 11.5 Å². The third-order valence-electron chi connectivity index (χ3n) is 3.97. The maximum atomic E-state index is 6.30. The number of thiazole rings is 1. The quantitative estimate of drug-likeness (QED) is 0.320. The number of benzene rings is 1. The number of fused-ring (bicyclic) bond motifs is 1. The molecule has 0 fully saturated rings. The van der Waals surface area contributed by atoms with Crippen molar-refractivity contribution in [1.82, 2.24) is 15.6 Å². The molecule has 0 bridgehead atoms. The van der Waals surface area contributed by atoms with Gasteiger partial charge >= 0.3 is 0 Å². The first kappa shape index (κ1) is 23.0. The number of nitrogens with zero attached hydrogens (tertiary/aromatic N) is 2. The fourth-order valence-electron chi connectivity index (χ4n) is 2.76. The van der Waals surface area contributed by atoms with Crippen LogP contribution in [0.4, 0.5) is 0 Å². The summed E-state index contributed by atoms with van der Waals surface area (Å²) in [7, 11) is 0. The predicted octanol–water partition coefficient (Wildman–Crippen LogP) is 3.83. The highest BCUT2D eigenvalue weighted by Crippen LogP contribution is 2.38. The van der Waals surface area contributed by atoms with Gasteiger partial charge in [-0.2, -0.15) is 0 Å². The van der Waals surface area contributed by atoms with Crippen molar-refractivity contribution >= 4 is 52.9 Å². The zero-order chi connectivity index (χ0) is 19.1. The summed E-state index contributed by atoms with van der Waals surface area (Å²) < 4.78 is 11.2. The Bertz CT molecular complexity index is 800. The zero-order valence-corrected chi connectivity index (χ0v) is 20.0. The summed E-state index contributed by atoms with van der Waals surface area (Å²) in [6.45, 7) is 7.49. The number of aryl methyl sites for hydroxylation is 1. The van der Waals surface area contributed by atoms with Gasteiger partial charge in [-0.05, 0) is 38.0 Å². The predicted molar refractivity (Wildman–Crippen MR) is 126 cm³/mol. The number of rotatable bonds is 7. The van der Waals surface area contributed by atoms with Crippen molar-refractivity contribution in [1.29, 1.82) is 0 Å². The van der Waals surface area contributed by atoms with Gasteiger partial charge in [0.15, 0.2) is 17.5 Å². The van der Waals surface area contributed by atoms with Gasteiger partial charge in [0.25, 0.3) is 0 Å². The maximum absolute atomic E-state index is 6.30. The Morgan fingerprint density at radius 3 is 2.82 bits per heavy atom. The lowest BCUT2D eigenvalue weighted by molar-refractivity contribution is 0.171. The van der Waals surface area contributed by atoms with E-state index < -0.39 is 0 Å². The van der Waals surface area contributed by atoms with Gasteiger partial charge in [-0.3, -0.25) is 4.99 Å². The van der Waals surface area contributed by atoms with Crippen molar-refractivity contribution in [2.75, 3.05) is 32.8 Å². The highest BCUT2D eigenvalue weighted by atomic mass is 127. The van der Waals surface area contributed by atoms with Crippen LogP contribution in [0, 0.1) is 6.92 Å². The summed E-state index contributed by atoms with van der Waals surface area (Å²) in [5.74, 6) is 2.18. The summed E-state index contributed by atoms with van der Waals surface area (Å²) in [6, 6.07) is 3.93. The molecule has 0 aliphatic carbocycles. The summed E-state index contributed by atoms with van der Waals surface area (Å²) >= 11 is 8.03. The lowest BCUT2D eigenvalue weighted by atomic mass is 10.1. The van der Waals surface area contributed by atoms with Gasteiger partial charge in [0.1, 0.15) is 13.2 Å². The van der Waals surface area contributed by atoms with E-state index in [2.05, 4.69) is 34.5 Å². The van der Waals surface area contributed by atoms with Crippen molar-refractivity contribution in [3.63, 3.8) is 0 Å². The summed E-state index contributed by atoms with van der Waals surface area (Å²) in [4.78, 5) is 10.2. The molecule has 28 heavy (non-hydrogen) atoms. The second-order valence-corrected chi connectivity index (χ2v) is 7.88. The lowest BCUT2D eigenvalue weighted by Gasteiger charge is -2.20. The monoisotopic (exact) mass is 536 g/mol. The Labute approximate surface area is 192 Å². The molecule has 2 N–H and O–H groups in total. The summed E-state index contributed by atoms with van der Waals surface area (Å²) in [6.07, 6.45) is 3.57. The highest BCUT2D eigenvalue weighted by molar-refractivity contribution is 14.0. The Kier molecular flexibility index (Phi) is 9.60. The number of aliphatic imine (C=N–C) groups is 1. The Morgan fingerprint density at radius 2 is 2.07 bits per heavy atom. The van der Waals surface area contributed by atoms with Gasteiger partial charge in [0.2, 0.25) is 0 Å². The molecule has 0 atom stereocenters.